The molecule has 20 heavy (non-hydrogen) atoms. The Hall–Kier alpha value is -0.860. The molecule has 0 aromatic heterocycles. The monoisotopic (exact) mass is 275 g/mol. The first-order valence-electron chi connectivity index (χ1n) is 8.02. The number of hydrogen-bond donors (Lipinski definition) is 1. The first-order valence-corrected chi connectivity index (χ1v) is 8.02. The lowest BCUT2D eigenvalue weighted by molar-refractivity contribution is 0.0388. The van der Waals surface area contributed by atoms with Crippen molar-refractivity contribution in [3.8, 4) is 0 Å². The second-order valence-electron chi connectivity index (χ2n) is 6.22. The van der Waals surface area contributed by atoms with Crippen molar-refractivity contribution in [1.29, 1.82) is 0 Å². The molecule has 2 atom stereocenters. The molecule has 2 rings (SSSR count). The summed E-state index contributed by atoms with van der Waals surface area (Å²) in [7, 11) is 0. The van der Waals surface area contributed by atoms with E-state index in [-0.39, 0.29) is 0 Å². The summed E-state index contributed by atoms with van der Waals surface area (Å²) in [5.74, 6) is 0.607. The van der Waals surface area contributed by atoms with Crippen LogP contribution in [0.2, 0.25) is 0 Å². The van der Waals surface area contributed by atoms with Gasteiger partial charge < -0.3 is 10.1 Å². The maximum Gasteiger partial charge on any atom is 0.0512 e. The van der Waals surface area contributed by atoms with E-state index in [9.17, 15) is 0 Å². The molecule has 0 aliphatic carbocycles. The maximum atomic E-state index is 5.73. The van der Waals surface area contributed by atoms with Gasteiger partial charge in [-0.2, -0.15) is 0 Å². The molecule has 2 heteroatoms. The van der Waals surface area contributed by atoms with Gasteiger partial charge in [-0.15, -0.1) is 0 Å². The Kier molecular flexibility index (Phi) is 5.62. The highest BCUT2D eigenvalue weighted by Crippen LogP contribution is 2.33. The standard InChI is InChI=1S/C18H29NO/c1-5-8-19-18(16-7-6-9-20-12-16)17-14(3)10-13(2)11-15(17)4/h10-11,16,18-19H,5-9,12H2,1-4H3. The van der Waals surface area contributed by atoms with Crippen LogP contribution in [0.3, 0.4) is 0 Å². The summed E-state index contributed by atoms with van der Waals surface area (Å²) >= 11 is 0. The predicted molar refractivity (Wildman–Crippen MR) is 85.2 cm³/mol. The van der Waals surface area contributed by atoms with E-state index in [0.717, 1.165) is 19.8 Å². The lowest BCUT2D eigenvalue weighted by Gasteiger charge is -2.33. The van der Waals surface area contributed by atoms with Crippen molar-refractivity contribution in [3.05, 3.63) is 34.4 Å². The number of benzene rings is 1. The van der Waals surface area contributed by atoms with Crippen LogP contribution in [-0.4, -0.2) is 19.8 Å². The first kappa shape index (κ1) is 15.5. The normalized spacial score (nSPS) is 20.9. The van der Waals surface area contributed by atoms with Gasteiger partial charge in [0.2, 0.25) is 0 Å². The minimum absolute atomic E-state index is 0.441. The van der Waals surface area contributed by atoms with Crippen molar-refractivity contribution in [3.63, 3.8) is 0 Å². The number of rotatable bonds is 5. The minimum atomic E-state index is 0.441. The van der Waals surface area contributed by atoms with Crippen molar-refractivity contribution < 1.29 is 4.74 Å². The fraction of sp³-hybridized carbons (Fsp3) is 0.667. The summed E-state index contributed by atoms with van der Waals surface area (Å²) in [5, 5.41) is 3.78. The highest BCUT2D eigenvalue weighted by molar-refractivity contribution is 5.40. The Morgan fingerprint density at radius 2 is 1.95 bits per heavy atom. The molecule has 1 heterocycles. The van der Waals surface area contributed by atoms with Crippen LogP contribution in [0, 0.1) is 26.7 Å². The zero-order chi connectivity index (χ0) is 14.5. The van der Waals surface area contributed by atoms with Crippen molar-refractivity contribution >= 4 is 0 Å². The fourth-order valence-corrected chi connectivity index (χ4v) is 3.51. The van der Waals surface area contributed by atoms with Crippen molar-refractivity contribution in [2.75, 3.05) is 19.8 Å². The van der Waals surface area contributed by atoms with E-state index in [1.807, 2.05) is 0 Å². The number of ether oxygens (including phenoxy) is 1. The molecule has 0 saturated carbocycles. The van der Waals surface area contributed by atoms with E-state index >= 15 is 0 Å². The Morgan fingerprint density at radius 3 is 2.50 bits per heavy atom. The number of nitrogens with one attached hydrogen (secondary N) is 1. The summed E-state index contributed by atoms with van der Waals surface area (Å²) in [6.07, 6.45) is 3.64. The van der Waals surface area contributed by atoms with Crippen LogP contribution >= 0.6 is 0 Å². The van der Waals surface area contributed by atoms with E-state index in [1.165, 1.54) is 41.5 Å². The Morgan fingerprint density at radius 1 is 1.25 bits per heavy atom. The summed E-state index contributed by atoms with van der Waals surface area (Å²) in [6.45, 7) is 11.8. The summed E-state index contributed by atoms with van der Waals surface area (Å²) in [5.41, 5.74) is 5.70. The van der Waals surface area contributed by atoms with Gasteiger partial charge in [-0.1, -0.05) is 24.6 Å². The lowest BCUT2D eigenvalue weighted by atomic mass is 9.84. The molecule has 0 radical (unpaired) electrons. The van der Waals surface area contributed by atoms with Gasteiger partial charge in [0.25, 0.3) is 0 Å². The minimum Gasteiger partial charge on any atom is -0.381 e. The summed E-state index contributed by atoms with van der Waals surface area (Å²) < 4.78 is 5.73. The van der Waals surface area contributed by atoms with Gasteiger partial charge in [-0.3, -0.25) is 0 Å². The van der Waals surface area contributed by atoms with Gasteiger partial charge >= 0.3 is 0 Å². The third-order valence-corrected chi connectivity index (χ3v) is 4.33. The van der Waals surface area contributed by atoms with E-state index in [0.29, 0.717) is 12.0 Å². The second kappa shape index (κ2) is 7.24. The fourth-order valence-electron chi connectivity index (χ4n) is 3.51. The van der Waals surface area contributed by atoms with Crippen LogP contribution in [0.1, 0.15) is 54.5 Å². The molecule has 0 amide bonds. The molecular formula is C18H29NO. The van der Waals surface area contributed by atoms with E-state index in [2.05, 4.69) is 45.1 Å². The van der Waals surface area contributed by atoms with Gasteiger partial charge in [0.1, 0.15) is 0 Å². The molecule has 0 spiro atoms. The predicted octanol–water partition coefficient (Wildman–Crippen LogP) is 4.08. The largest absolute Gasteiger partial charge is 0.381 e. The topological polar surface area (TPSA) is 21.3 Å². The zero-order valence-corrected chi connectivity index (χ0v) is 13.5. The Bertz CT molecular complexity index is 412. The maximum absolute atomic E-state index is 5.73. The molecular weight excluding hydrogens is 246 g/mol. The molecule has 1 fully saturated rings. The van der Waals surface area contributed by atoms with E-state index < -0.39 is 0 Å². The molecule has 0 bridgehead atoms. The van der Waals surface area contributed by atoms with Crippen molar-refractivity contribution in [2.24, 2.45) is 5.92 Å². The van der Waals surface area contributed by atoms with Crippen molar-refractivity contribution in [2.45, 2.75) is 53.0 Å². The third-order valence-electron chi connectivity index (χ3n) is 4.33. The Labute approximate surface area is 123 Å². The van der Waals surface area contributed by atoms with Gasteiger partial charge in [0.15, 0.2) is 0 Å². The average Bonchev–Trinajstić information content (AvgIpc) is 2.42. The molecule has 2 unspecified atom stereocenters. The lowest BCUT2D eigenvalue weighted by Crippen LogP contribution is -2.34. The van der Waals surface area contributed by atoms with Crippen LogP contribution in [0.4, 0.5) is 0 Å². The van der Waals surface area contributed by atoms with Gasteiger partial charge in [-0.25, -0.2) is 0 Å². The van der Waals surface area contributed by atoms with Crippen LogP contribution in [0.5, 0.6) is 0 Å². The third kappa shape index (κ3) is 3.62. The van der Waals surface area contributed by atoms with Crippen LogP contribution in [-0.2, 0) is 4.74 Å². The molecule has 112 valence electrons. The number of aryl methyl sites for hydroxylation is 3. The van der Waals surface area contributed by atoms with Crippen molar-refractivity contribution in [1.82, 2.24) is 5.32 Å². The molecule has 1 aromatic carbocycles. The van der Waals surface area contributed by atoms with Gasteiger partial charge in [-0.05, 0) is 63.3 Å². The number of hydrogen-bond acceptors (Lipinski definition) is 2. The zero-order valence-electron chi connectivity index (χ0n) is 13.5. The first-order chi connectivity index (χ1) is 9.63. The van der Waals surface area contributed by atoms with Gasteiger partial charge in [0, 0.05) is 18.6 Å². The molecule has 1 aromatic rings. The SMILES string of the molecule is CCCNC(c1c(C)cc(C)cc1C)C1CCCOC1. The summed E-state index contributed by atoms with van der Waals surface area (Å²) in [4.78, 5) is 0. The smallest absolute Gasteiger partial charge is 0.0512 e. The second-order valence-corrected chi connectivity index (χ2v) is 6.22. The highest BCUT2D eigenvalue weighted by atomic mass is 16.5. The molecule has 1 aliphatic rings. The summed E-state index contributed by atoms with van der Waals surface area (Å²) in [6, 6.07) is 5.06. The van der Waals surface area contributed by atoms with E-state index in [4.69, 9.17) is 4.74 Å². The molecule has 1 N–H and O–H groups in total. The molecule has 1 saturated heterocycles. The Balaban J connectivity index is 2.29. The van der Waals surface area contributed by atoms with Crippen LogP contribution < -0.4 is 5.32 Å². The molecule has 1 aliphatic heterocycles. The highest BCUT2D eigenvalue weighted by Gasteiger charge is 2.27. The average molecular weight is 275 g/mol. The van der Waals surface area contributed by atoms with E-state index in [1.54, 1.807) is 0 Å². The molecule has 2 nitrogen and oxygen atoms in total. The van der Waals surface area contributed by atoms with Crippen LogP contribution in [0.15, 0.2) is 12.1 Å². The quantitative estimate of drug-likeness (QED) is 0.874. The van der Waals surface area contributed by atoms with Crippen LogP contribution in [0.25, 0.3) is 0 Å². The van der Waals surface area contributed by atoms with Gasteiger partial charge in [0.05, 0.1) is 6.61 Å².